The second kappa shape index (κ2) is 15.6. The van der Waals surface area contributed by atoms with E-state index in [0.717, 1.165) is 28.0 Å². The van der Waals surface area contributed by atoms with Crippen LogP contribution < -0.4 is 26.4 Å². The Morgan fingerprint density at radius 3 is 2.05 bits per heavy atom. The molecule has 0 aliphatic heterocycles. The van der Waals surface area contributed by atoms with Crippen molar-refractivity contribution in [1.29, 1.82) is 0 Å². The van der Waals surface area contributed by atoms with Crippen molar-refractivity contribution in [2.24, 2.45) is 5.73 Å². The molecule has 0 aliphatic carbocycles. The number of hydrogen-bond donors (Lipinski definition) is 4. The summed E-state index contributed by atoms with van der Waals surface area (Å²) in [6.45, 7) is 4.73. The Balaban J connectivity index is 1.76. The molecule has 0 saturated carbocycles. The minimum absolute atomic E-state index is 0.229. The molecular formula is C31H37ClN4O4. The molecule has 0 aromatic heterocycles. The number of nitrogens with two attached hydrogens (primary N) is 1. The van der Waals surface area contributed by atoms with Crippen LogP contribution in [0.25, 0.3) is 0 Å². The lowest BCUT2D eigenvalue weighted by atomic mass is 10.0. The quantitative estimate of drug-likeness (QED) is 0.238. The summed E-state index contributed by atoms with van der Waals surface area (Å²) in [5.41, 5.74) is 9.05. The molecule has 3 aromatic carbocycles. The summed E-state index contributed by atoms with van der Waals surface area (Å²) in [5.74, 6) is -0.323. The van der Waals surface area contributed by atoms with Gasteiger partial charge in [0, 0.05) is 37.4 Å². The predicted octanol–water partition coefficient (Wildman–Crippen LogP) is 3.68. The molecular weight excluding hydrogens is 528 g/mol. The molecule has 0 radical (unpaired) electrons. The SMILES string of the molecule is CCOc1ccc(CC(NC(=O)CC)C(=O)NC(Cc2ccccc2)C(=O)NCc2ccc(CN)c(Cl)c2)cc1. The number of halogens is 1. The standard InChI is InChI=1S/C31H37ClN4O4/c1-3-29(37)35-28(18-22-11-14-25(15-12-22)40-4-2)31(39)36-27(17-21-8-6-5-7-9-21)30(38)34-20-23-10-13-24(19-33)26(32)16-23/h5-16,27-28H,3-4,17-20,33H2,1-2H3,(H,34,38)(H,35,37)(H,36,39). The second-order valence-corrected chi connectivity index (χ2v) is 9.76. The molecule has 0 heterocycles. The van der Waals surface area contributed by atoms with Crippen molar-refractivity contribution in [3.05, 3.63) is 100 Å². The first kappa shape index (κ1) is 30.7. The van der Waals surface area contributed by atoms with Crippen LogP contribution in [0.1, 0.15) is 42.5 Å². The Hall–Kier alpha value is -3.88. The van der Waals surface area contributed by atoms with E-state index in [1.54, 1.807) is 13.0 Å². The van der Waals surface area contributed by atoms with Gasteiger partial charge in [0.1, 0.15) is 17.8 Å². The molecule has 3 aromatic rings. The van der Waals surface area contributed by atoms with E-state index < -0.39 is 18.0 Å². The maximum Gasteiger partial charge on any atom is 0.243 e. The second-order valence-electron chi connectivity index (χ2n) is 9.35. The molecule has 3 amide bonds. The van der Waals surface area contributed by atoms with Crippen molar-refractivity contribution in [2.75, 3.05) is 6.61 Å². The fourth-order valence-corrected chi connectivity index (χ4v) is 4.42. The lowest BCUT2D eigenvalue weighted by Gasteiger charge is -2.23. The van der Waals surface area contributed by atoms with Gasteiger partial charge in [0.05, 0.1) is 6.61 Å². The molecule has 9 heteroatoms. The molecule has 0 saturated heterocycles. The summed E-state index contributed by atoms with van der Waals surface area (Å²) in [6, 6.07) is 20.5. The van der Waals surface area contributed by atoms with Crippen molar-refractivity contribution in [3.8, 4) is 5.75 Å². The van der Waals surface area contributed by atoms with E-state index in [-0.39, 0.29) is 37.6 Å². The van der Waals surface area contributed by atoms with Gasteiger partial charge in [-0.25, -0.2) is 0 Å². The van der Waals surface area contributed by atoms with Crippen LogP contribution in [-0.2, 0) is 40.3 Å². The van der Waals surface area contributed by atoms with Gasteiger partial charge in [0.15, 0.2) is 0 Å². The molecule has 2 atom stereocenters. The van der Waals surface area contributed by atoms with Crippen molar-refractivity contribution >= 4 is 29.3 Å². The highest BCUT2D eigenvalue weighted by Crippen LogP contribution is 2.18. The molecule has 3 rings (SSSR count). The van der Waals surface area contributed by atoms with E-state index in [0.29, 0.717) is 18.2 Å². The number of nitrogens with one attached hydrogen (secondary N) is 3. The molecule has 2 unspecified atom stereocenters. The zero-order chi connectivity index (χ0) is 28.9. The smallest absolute Gasteiger partial charge is 0.243 e. The van der Waals surface area contributed by atoms with Crippen LogP contribution in [0.2, 0.25) is 5.02 Å². The first-order chi connectivity index (χ1) is 19.3. The Kier molecular flexibility index (Phi) is 12.0. The van der Waals surface area contributed by atoms with E-state index in [9.17, 15) is 14.4 Å². The maximum atomic E-state index is 13.5. The van der Waals surface area contributed by atoms with Crippen LogP contribution in [0.3, 0.4) is 0 Å². The van der Waals surface area contributed by atoms with Crippen molar-refractivity contribution in [2.45, 2.75) is 58.3 Å². The summed E-state index contributed by atoms with van der Waals surface area (Å²) in [6.07, 6.45) is 0.769. The number of ether oxygens (including phenoxy) is 1. The Morgan fingerprint density at radius 2 is 1.45 bits per heavy atom. The van der Waals surface area contributed by atoms with Gasteiger partial charge in [-0.1, -0.05) is 73.1 Å². The summed E-state index contributed by atoms with van der Waals surface area (Å²) in [7, 11) is 0. The number of benzene rings is 3. The zero-order valence-electron chi connectivity index (χ0n) is 22.9. The third-order valence-corrected chi connectivity index (χ3v) is 6.72. The molecule has 0 spiro atoms. The summed E-state index contributed by atoms with van der Waals surface area (Å²) < 4.78 is 5.50. The zero-order valence-corrected chi connectivity index (χ0v) is 23.7. The normalized spacial score (nSPS) is 12.2. The van der Waals surface area contributed by atoms with E-state index in [4.69, 9.17) is 22.1 Å². The summed E-state index contributed by atoms with van der Waals surface area (Å²) in [5, 5.41) is 9.12. The van der Waals surface area contributed by atoms with Gasteiger partial charge in [0.25, 0.3) is 0 Å². The molecule has 8 nitrogen and oxygen atoms in total. The molecule has 212 valence electrons. The van der Waals surface area contributed by atoms with Gasteiger partial charge in [-0.15, -0.1) is 0 Å². The number of rotatable bonds is 14. The summed E-state index contributed by atoms with van der Waals surface area (Å²) in [4.78, 5) is 39.1. The molecule has 0 aliphatic rings. The number of amides is 3. The van der Waals surface area contributed by atoms with Crippen LogP contribution in [-0.4, -0.2) is 36.4 Å². The minimum Gasteiger partial charge on any atom is -0.494 e. The predicted molar refractivity (Wildman–Crippen MR) is 157 cm³/mol. The summed E-state index contributed by atoms with van der Waals surface area (Å²) >= 11 is 6.27. The Morgan fingerprint density at radius 1 is 0.825 bits per heavy atom. The van der Waals surface area contributed by atoms with Gasteiger partial charge in [-0.2, -0.15) is 0 Å². The molecule has 40 heavy (non-hydrogen) atoms. The van der Waals surface area contributed by atoms with Crippen LogP contribution in [0.15, 0.2) is 72.8 Å². The van der Waals surface area contributed by atoms with E-state index in [1.807, 2.05) is 73.7 Å². The van der Waals surface area contributed by atoms with Gasteiger partial charge in [-0.05, 0) is 47.4 Å². The van der Waals surface area contributed by atoms with Crippen molar-refractivity contribution in [3.63, 3.8) is 0 Å². The largest absolute Gasteiger partial charge is 0.494 e. The number of hydrogen-bond acceptors (Lipinski definition) is 5. The highest BCUT2D eigenvalue weighted by atomic mass is 35.5. The van der Waals surface area contributed by atoms with Gasteiger partial charge in [0.2, 0.25) is 17.7 Å². The van der Waals surface area contributed by atoms with E-state index in [2.05, 4.69) is 16.0 Å². The Bertz CT molecular complexity index is 1270. The minimum atomic E-state index is -0.866. The average molecular weight is 565 g/mol. The van der Waals surface area contributed by atoms with Crippen LogP contribution >= 0.6 is 11.6 Å². The average Bonchev–Trinajstić information content (AvgIpc) is 2.96. The van der Waals surface area contributed by atoms with Crippen molar-refractivity contribution < 1.29 is 19.1 Å². The van der Waals surface area contributed by atoms with Gasteiger partial charge >= 0.3 is 0 Å². The third-order valence-electron chi connectivity index (χ3n) is 6.37. The monoisotopic (exact) mass is 564 g/mol. The topological polar surface area (TPSA) is 123 Å². The highest BCUT2D eigenvalue weighted by molar-refractivity contribution is 6.31. The van der Waals surface area contributed by atoms with Gasteiger partial charge in [-0.3, -0.25) is 14.4 Å². The number of carbonyl (C=O) groups is 3. The molecule has 5 N–H and O–H groups in total. The maximum absolute atomic E-state index is 13.5. The van der Waals surface area contributed by atoms with Gasteiger partial charge < -0.3 is 26.4 Å². The Labute approximate surface area is 240 Å². The number of carbonyl (C=O) groups excluding carboxylic acids is 3. The van der Waals surface area contributed by atoms with Crippen LogP contribution in [0.4, 0.5) is 0 Å². The van der Waals surface area contributed by atoms with Crippen molar-refractivity contribution in [1.82, 2.24) is 16.0 Å². The third kappa shape index (κ3) is 9.39. The molecule has 0 bridgehead atoms. The van der Waals surface area contributed by atoms with E-state index in [1.165, 1.54) is 0 Å². The first-order valence-electron chi connectivity index (χ1n) is 13.4. The molecule has 0 fully saturated rings. The lowest BCUT2D eigenvalue weighted by Crippen LogP contribution is -2.55. The van der Waals surface area contributed by atoms with E-state index >= 15 is 0 Å². The lowest BCUT2D eigenvalue weighted by molar-refractivity contribution is -0.132. The van der Waals surface area contributed by atoms with Crippen LogP contribution in [0.5, 0.6) is 5.75 Å². The first-order valence-corrected chi connectivity index (χ1v) is 13.8. The highest BCUT2D eigenvalue weighted by Gasteiger charge is 2.27. The van der Waals surface area contributed by atoms with Crippen LogP contribution in [0, 0.1) is 0 Å². The fourth-order valence-electron chi connectivity index (χ4n) is 4.14. The fraction of sp³-hybridized carbons (Fsp3) is 0.323.